The maximum absolute atomic E-state index is 6.11. The van der Waals surface area contributed by atoms with Gasteiger partial charge in [-0.3, -0.25) is 4.57 Å². The summed E-state index contributed by atoms with van der Waals surface area (Å²) in [6.07, 6.45) is 4.13. The second-order valence-corrected chi connectivity index (χ2v) is 8.59. The highest BCUT2D eigenvalue weighted by atomic mass is 32.5. The quantitative estimate of drug-likeness (QED) is 0.761. The largest absolute Gasteiger partial charge is 0.382 e. The molecule has 1 aliphatic rings. The second-order valence-electron chi connectivity index (χ2n) is 5.41. The Hall–Kier alpha value is -1.16. The molecule has 3 heterocycles. The lowest BCUT2D eigenvalue weighted by molar-refractivity contribution is -0.0479. The van der Waals surface area contributed by atoms with E-state index in [0.717, 1.165) is 12.8 Å². The molecular formula is C13H20N5O4PS. The van der Waals surface area contributed by atoms with Crippen LogP contribution in [0.2, 0.25) is 0 Å². The SMILES string of the molecule is COP(=S)(OC)OC(C)C1CC[C@H](n2cnc3c(N)ncnc32)O1. The molecule has 11 heteroatoms. The zero-order valence-electron chi connectivity index (χ0n) is 13.7. The number of anilines is 1. The number of nitrogens with zero attached hydrogens (tertiary/aromatic N) is 4. The summed E-state index contributed by atoms with van der Waals surface area (Å²) in [5.74, 6) is 0.353. The van der Waals surface area contributed by atoms with Gasteiger partial charge < -0.3 is 24.0 Å². The van der Waals surface area contributed by atoms with Crippen LogP contribution in [0.15, 0.2) is 12.7 Å². The first-order chi connectivity index (χ1) is 11.5. The monoisotopic (exact) mass is 373 g/mol. The van der Waals surface area contributed by atoms with E-state index in [4.69, 9.17) is 35.8 Å². The number of nitrogen functional groups attached to an aromatic ring is 1. The molecule has 0 saturated carbocycles. The van der Waals surface area contributed by atoms with Crippen molar-refractivity contribution >= 4 is 35.5 Å². The molecule has 24 heavy (non-hydrogen) atoms. The Kier molecular flexibility index (Phi) is 5.14. The van der Waals surface area contributed by atoms with Crippen molar-refractivity contribution in [2.24, 2.45) is 0 Å². The molecule has 0 amide bonds. The normalized spacial score (nSPS) is 23.0. The van der Waals surface area contributed by atoms with Gasteiger partial charge in [0.2, 0.25) is 0 Å². The van der Waals surface area contributed by atoms with Crippen LogP contribution in [0, 0.1) is 0 Å². The van der Waals surface area contributed by atoms with Gasteiger partial charge in [0.15, 0.2) is 11.5 Å². The van der Waals surface area contributed by atoms with E-state index in [1.807, 2.05) is 11.5 Å². The van der Waals surface area contributed by atoms with Crippen LogP contribution < -0.4 is 5.73 Å². The van der Waals surface area contributed by atoms with Gasteiger partial charge in [0.1, 0.15) is 18.1 Å². The average molecular weight is 373 g/mol. The number of nitrogens with two attached hydrogens (primary N) is 1. The lowest BCUT2D eigenvalue weighted by atomic mass is 10.1. The van der Waals surface area contributed by atoms with E-state index in [0.29, 0.717) is 17.0 Å². The van der Waals surface area contributed by atoms with E-state index in [9.17, 15) is 0 Å². The van der Waals surface area contributed by atoms with Crippen LogP contribution >= 0.6 is 6.72 Å². The van der Waals surface area contributed by atoms with Crippen molar-refractivity contribution in [2.75, 3.05) is 20.0 Å². The third-order valence-electron chi connectivity index (χ3n) is 3.99. The summed E-state index contributed by atoms with van der Waals surface area (Å²) in [4.78, 5) is 12.5. The maximum atomic E-state index is 6.11. The minimum atomic E-state index is -2.72. The molecular weight excluding hydrogens is 353 g/mol. The summed E-state index contributed by atoms with van der Waals surface area (Å²) in [5.41, 5.74) is 7.05. The Labute approximate surface area is 144 Å². The molecule has 2 unspecified atom stereocenters. The highest BCUT2D eigenvalue weighted by Crippen LogP contribution is 2.50. The van der Waals surface area contributed by atoms with Crippen molar-refractivity contribution in [1.82, 2.24) is 19.5 Å². The first-order valence-corrected chi connectivity index (χ1v) is 10.0. The summed E-state index contributed by atoms with van der Waals surface area (Å²) >= 11 is 5.25. The molecule has 0 bridgehead atoms. The second kappa shape index (κ2) is 6.99. The van der Waals surface area contributed by atoms with Gasteiger partial charge in [-0.2, -0.15) is 0 Å². The Morgan fingerprint density at radius 2 is 2.08 bits per heavy atom. The molecule has 3 rings (SSSR count). The average Bonchev–Trinajstić information content (AvgIpc) is 3.21. The summed E-state index contributed by atoms with van der Waals surface area (Å²) in [5, 5.41) is 0. The topological polar surface area (TPSA) is 107 Å². The van der Waals surface area contributed by atoms with E-state index in [1.54, 1.807) is 6.33 Å². The molecule has 1 saturated heterocycles. The molecule has 132 valence electrons. The van der Waals surface area contributed by atoms with Gasteiger partial charge in [-0.1, -0.05) is 0 Å². The van der Waals surface area contributed by atoms with Gasteiger partial charge in [0.25, 0.3) is 0 Å². The predicted octanol–water partition coefficient (Wildman–Crippen LogP) is 2.01. The van der Waals surface area contributed by atoms with Gasteiger partial charge in [0.05, 0.1) is 18.5 Å². The summed E-state index contributed by atoms with van der Waals surface area (Å²) in [7, 11) is 2.97. The van der Waals surface area contributed by atoms with Crippen molar-refractivity contribution in [1.29, 1.82) is 0 Å². The van der Waals surface area contributed by atoms with Crippen LogP contribution in [-0.4, -0.2) is 45.9 Å². The van der Waals surface area contributed by atoms with Crippen LogP contribution in [0.1, 0.15) is 26.0 Å². The van der Waals surface area contributed by atoms with E-state index in [1.165, 1.54) is 20.5 Å². The summed E-state index contributed by atoms with van der Waals surface area (Å²) < 4.78 is 24.1. The van der Waals surface area contributed by atoms with Crippen LogP contribution in [0.25, 0.3) is 11.2 Å². The van der Waals surface area contributed by atoms with E-state index < -0.39 is 6.72 Å². The lowest BCUT2D eigenvalue weighted by Crippen LogP contribution is -2.25. The van der Waals surface area contributed by atoms with Gasteiger partial charge >= 0.3 is 6.72 Å². The number of rotatable bonds is 6. The Morgan fingerprint density at radius 3 is 2.79 bits per heavy atom. The van der Waals surface area contributed by atoms with Crippen LogP contribution in [-0.2, 0) is 30.1 Å². The number of ether oxygens (including phenoxy) is 1. The zero-order valence-corrected chi connectivity index (χ0v) is 15.4. The molecule has 2 aromatic heterocycles. The molecule has 1 aliphatic heterocycles. The first kappa shape index (κ1) is 17.7. The molecule has 2 aromatic rings. The fraction of sp³-hybridized carbons (Fsp3) is 0.615. The highest BCUT2D eigenvalue weighted by molar-refractivity contribution is 8.07. The number of fused-ring (bicyclic) bond motifs is 1. The Bertz CT molecular complexity index is 764. The standard InChI is InChI=1S/C13H20N5O4PS/c1-8(22-23(24,19-2)20-3)9-4-5-10(21-9)18-7-17-11-12(14)15-6-16-13(11)18/h6-10H,4-5H2,1-3H3,(H2,14,15,16)/t8?,9?,10-/m1/s1. The fourth-order valence-electron chi connectivity index (χ4n) is 2.71. The van der Waals surface area contributed by atoms with Crippen molar-refractivity contribution in [3.05, 3.63) is 12.7 Å². The van der Waals surface area contributed by atoms with E-state index in [-0.39, 0.29) is 18.4 Å². The highest BCUT2D eigenvalue weighted by Gasteiger charge is 2.35. The van der Waals surface area contributed by atoms with Crippen LogP contribution in [0.5, 0.6) is 0 Å². The van der Waals surface area contributed by atoms with E-state index >= 15 is 0 Å². The summed E-state index contributed by atoms with van der Waals surface area (Å²) in [6, 6.07) is 0. The van der Waals surface area contributed by atoms with Crippen LogP contribution in [0.4, 0.5) is 5.82 Å². The van der Waals surface area contributed by atoms with E-state index in [2.05, 4.69) is 15.0 Å². The smallest absolute Gasteiger partial charge is 0.326 e. The molecule has 0 aliphatic carbocycles. The predicted molar refractivity (Wildman–Crippen MR) is 91.7 cm³/mol. The van der Waals surface area contributed by atoms with Gasteiger partial charge in [0, 0.05) is 14.2 Å². The van der Waals surface area contributed by atoms with Crippen molar-refractivity contribution in [3.63, 3.8) is 0 Å². The number of hydrogen-bond donors (Lipinski definition) is 1. The number of aromatic nitrogens is 4. The number of hydrogen-bond acceptors (Lipinski definition) is 9. The molecule has 9 nitrogen and oxygen atoms in total. The maximum Gasteiger partial charge on any atom is 0.326 e. The Morgan fingerprint density at radius 1 is 1.33 bits per heavy atom. The first-order valence-electron chi connectivity index (χ1n) is 7.46. The Balaban J connectivity index is 1.73. The fourth-order valence-corrected chi connectivity index (χ4v) is 3.98. The summed E-state index contributed by atoms with van der Waals surface area (Å²) in [6.45, 7) is -0.817. The molecule has 0 spiro atoms. The molecule has 2 N–H and O–H groups in total. The van der Waals surface area contributed by atoms with Gasteiger partial charge in [-0.15, -0.1) is 0 Å². The third-order valence-corrected chi connectivity index (χ3v) is 6.63. The third kappa shape index (κ3) is 3.30. The molecule has 0 aromatic carbocycles. The minimum absolute atomic E-state index is 0.126. The molecule has 0 radical (unpaired) electrons. The minimum Gasteiger partial charge on any atom is -0.382 e. The van der Waals surface area contributed by atoms with Crippen molar-refractivity contribution < 1.29 is 18.3 Å². The molecule has 3 atom stereocenters. The molecule has 1 fully saturated rings. The van der Waals surface area contributed by atoms with Gasteiger partial charge in [-0.25, -0.2) is 15.0 Å². The van der Waals surface area contributed by atoms with Crippen LogP contribution in [0.3, 0.4) is 0 Å². The lowest BCUT2D eigenvalue weighted by Gasteiger charge is -2.26. The number of imidazole rings is 1. The van der Waals surface area contributed by atoms with Crippen molar-refractivity contribution in [2.45, 2.75) is 38.2 Å². The van der Waals surface area contributed by atoms with Crippen molar-refractivity contribution in [3.8, 4) is 0 Å². The van der Waals surface area contributed by atoms with Gasteiger partial charge in [-0.05, 0) is 31.6 Å². The zero-order chi connectivity index (χ0) is 17.3.